The molecule has 0 radical (unpaired) electrons. The molecule has 4 aromatic carbocycles. The number of rotatable bonds is 4. The highest BCUT2D eigenvalue weighted by molar-refractivity contribution is 7.07. The fourth-order valence-electron chi connectivity index (χ4n) is 4.41. The van der Waals surface area contributed by atoms with E-state index in [1.807, 2.05) is 35.0 Å². The molecule has 0 fully saturated rings. The van der Waals surface area contributed by atoms with Crippen LogP contribution in [0.2, 0.25) is 5.02 Å². The summed E-state index contributed by atoms with van der Waals surface area (Å²) < 4.78 is 1.98. The van der Waals surface area contributed by atoms with Gasteiger partial charge in [-0.25, -0.2) is 9.67 Å². The zero-order chi connectivity index (χ0) is 23.6. The van der Waals surface area contributed by atoms with Crippen LogP contribution in [0.5, 0.6) is 0 Å². The van der Waals surface area contributed by atoms with E-state index in [0.29, 0.717) is 5.02 Å². The van der Waals surface area contributed by atoms with Crippen molar-refractivity contribution >= 4 is 34.3 Å². The highest BCUT2D eigenvalue weighted by Crippen LogP contribution is 2.28. The van der Waals surface area contributed by atoms with E-state index in [2.05, 4.69) is 78.2 Å². The number of aryl methyl sites for hydroxylation is 1. The summed E-state index contributed by atoms with van der Waals surface area (Å²) in [6.07, 6.45) is 1.93. The summed E-state index contributed by atoms with van der Waals surface area (Å²) in [6, 6.07) is 35.2. The highest BCUT2D eigenvalue weighted by atomic mass is 35.5. The van der Waals surface area contributed by atoms with Crippen molar-refractivity contribution in [2.45, 2.75) is 12.8 Å². The molecule has 0 aliphatic heterocycles. The van der Waals surface area contributed by atoms with Gasteiger partial charge in [-0.1, -0.05) is 103 Å². The molecule has 1 heterocycles. The topological polar surface area (TPSA) is 29.6 Å². The summed E-state index contributed by atoms with van der Waals surface area (Å²) in [4.78, 5) is 5.68. The number of para-hydroxylation sites is 1. The summed E-state index contributed by atoms with van der Waals surface area (Å²) in [7, 11) is 0. The maximum absolute atomic E-state index is 6.43. The normalized spacial score (nSPS) is 14.4. The molecule has 1 aliphatic carbocycles. The van der Waals surface area contributed by atoms with Crippen molar-refractivity contribution < 1.29 is 0 Å². The molecule has 0 amide bonds. The number of aromatic nitrogens is 1. The lowest BCUT2D eigenvalue weighted by atomic mass is 10.0. The first-order valence-electron chi connectivity index (χ1n) is 11.6. The molecule has 0 saturated heterocycles. The van der Waals surface area contributed by atoms with Crippen LogP contribution in [0.3, 0.4) is 0 Å². The van der Waals surface area contributed by atoms with Crippen LogP contribution >= 0.6 is 22.9 Å². The molecular formula is C30H22ClN3S. The van der Waals surface area contributed by atoms with Gasteiger partial charge in [-0.3, -0.25) is 0 Å². The van der Waals surface area contributed by atoms with Gasteiger partial charge in [0.25, 0.3) is 0 Å². The SMILES string of the molecule is Clc1ccccc1N=c1scc(-c2ccc(-c3ccccc3)cc2)n1/N=C1\CCc2ccccc21. The molecule has 0 atom stereocenters. The summed E-state index contributed by atoms with van der Waals surface area (Å²) >= 11 is 8.00. The summed E-state index contributed by atoms with van der Waals surface area (Å²) in [5.74, 6) is 0. The Morgan fingerprint density at radius 2 is 1.37 bits per heavy atom. The molecular weight excluding hydrogens is 470 g/mol. The Morgan fingerprint density at radius 1 is 0.686 bits per heavy atom. The Labute approximate surface area is 213 Å². The fraction of sp³-hybridized carbons (Fsp3) is 0.0667. The van der Waals surface area contributed by atoms with Crippen molar-refractivity contribution in [1.82, 2.24) is 4.68 Å². The fourth-order valence-corrected chi connectivity index (χ4v) is 5.43. The highest BCUT2D eigenvalue weighted by Gasteiger charge is 2.18. The van der Waals surface area contributed by atoms with Gasteiger partial charge in [-0.2, -0.15) is 5.10 Å². The van der Waals surface area contributed by atoms with Crippen molar-refractivity contribution in [1.29, 1.82) is 0 Å². The van der Waals surface area contributed by atoms with Crippen molar-refractivity contribution in [2.75, 3.05) is 0 Å². The van der Waals surface area contributed by atoms with Gasteiger partial charge in [0, 0.05) is 16.5 Å². The first-order chi connectivity index (χ1) is 17.3. The second kappa shape index (κ2) is 9.49. The minimum absolute atomic E-state index is 0.625. The van der Waals surface area contributed by atoms with Gasteiger partial charge in [0.2, 0.25) is 4.80 Å². The van der Waals surface area contributed by atoms with Gasteiger partial charge >= 0.3 is 0 Å². The van der Waals surface area contributed by atoms with E-state index in [-0.39, 0.29) is 0 Å². The average molecular weight is 492 g/mol. The molecule has 0 bridgehead atoms. The van der Waals surface area contributed by atoms with Gasteiger partial charge in [-0.15, -0.1) is 11.3 Å². The minimum atomic E-state index is 0.625. The monoisotopic (exact) mass is 491 g/mol. The van der Waals surface area contributed by atoms with Crippen LogP contribution in [0.25, 0.3) is 22.4 Å². The summed E-state index contributed by atoms with van der Waals surface area (Å²) in [5.41, 5.74) is 8.89. The lowest BCUT2D eigenvalue weighted by Gasteiger charge is -2.08. The third-order valence-corrected chi connectivity index (χ3v) is 7.36. The second-order valence-electron chi connectivity index (χ2n) is 8.43. The molecule has 6 rings (SSSR count). The molecule has 3 nitrogen and oxygen atoms in total. The van der Waals surface area contributed by atoms with Crippen LogP contribution in [-0.4, -0.2) is 10.4 Å². The average Bonchev–Trinajstić information content (AvgIpc) is 3.50. The van der Waals surface area contributed by atoms with E-state index in [9.17, 15) is 0 Å². The molecule has 0 unspecified atom stereocenters. The largest absolute Gasteiger partial charge is 0.218 e. The lowest BCUT2D eigenvalue weighted by molar-refractivity contribution is 0.843. The van der Waals surface area contributed by atoms with Gasteiger partial charge in [-0.05, 0) is 41.7 Å². The van der Waals surface area contributed by atoms with Gasteiger partial charge in [0.05, 0.1) is 22.1 Å². The molecule has 5 aromatic rings. The maximum atomic E-state index is 6.43. The van der Waals surface area contributed by atoms with E-state index in [4.69, 9.17) is 21.7 Å². The second-order valence-corrected chi connectivity index (χ2v) is 9.67. The van der Waals surface area contributed by atoms with E-state index in [0.717, 1.165) is 40.3 Å². The number of hydrogen-bond donors (Lipinski definition) is 0. The molecule has 0 N–H and O–H groups in total. The Bertz CT molecular complexity index is 1600. The van der Waals surface area contributed by atoms with Gasteiger partial charge in [0.1, 0.15) is 0 Å². The first-order valence-corrected chi connectivity index (χ1v) is 12.8. The number of hydrogen-bond acceptors (Lipinski definition) is 3. The van der Waals surface area contributed by atoms with Gasteiger partial charge in [0.15, 0.2) is 0 Å². The van der Waals surface area contributed by atoms with Gasteiger partial charge < -0.3 is 0 Å². The number of halogens is 1. The molecule has 35 heavy (non-hydrogen) atoms. The summed E-state index contributed by atoms with van der Waals surface area (Å²) in [6.45, 7) is 0. The zero-order valence-corrected chi connectivity index (χ0v) is 20.5. The molecule has 170 valence electrons. The van der Waals surface area contributed by atoms with Crippen molar-refractivity contribution in [3.63, 3.8) is 0 Å². The van der Waals surface area contributed by atoms with Crippen LogP contribution < -0.4 is 4.80 Å². The van der Waals surface area contributed by atoms with Crippen molar-refractivity contribution in [3.8, 4) is 22.4 Å². The van der Waals surface area contributed by atoms with E-state index in [1.165, 1.54) is 22.3 Å². The number of benzene rings is 4. The zero-order valence-electron chi connectivity index (χ0n) is 18.9. The van der Waals surface area contributed by atoms with Crippen LogP contribution in [0.15, 0.2) is 119 Å². The maximum Gasteiger partial charge on any atom is 0.211 e. The molecule has 0 spiro atoms. The third kappa shape index (κ3) is 4.39. The van der Waals surface area contributed by atoms with Crippen molar-refractivity contribution in [3.05, 3.63) is 129 Å². The molecule has 5 heteroatoms. The van der Waals surface area contributed by atoms with E-state index < -0.39 is 0 Å². The Hall–Kier alpha value is -3.73. The van der Waals surface area contributed by atoms with Crippen molar-refractivity contribution in [2.24, 2.45) is 10.1 Å². The number of nitrogens with zero attached hydrogens (tertiary/aromatic N) is 3. The molecule has 1 aliphatic rings. The van der Waals surface area contributed by atoms with E-state index in [1.54, 1.807) is 11.3 Å². The Morgan fingerprint density at radius 3 is 2.20 bits per heavy atom. The van der Waals surface area contributed by atoms with Crippen LogP contribution in [0, 0.1) is 0 Å². The quantitative estimate of drug-likeness (QED) is 0.244. The lowest BCUT2D eigenvalue weighted by Crippen LogP contribution is -2.14. The predicted octanol–water partition coefficient (Wildman–Crippen LogP) is 7.97. The molecule has 1 aromatic heterocycles. The first kappa shape index (κ1) is 21.8. The predicted molar refractivity (Wildman–Crippen MR) is 147 cm³/mol. The van der Waals surface area contributed by atoms with E-state index >= 15 is 0 Å². The molecule has 0 saturated carbocycles. The number of thiazole rings is 1. The smallest absolute Gasteiger partial charge is 0.211 e. The van der Waals surface area contributed by atoms with Crippen LogP contribution in [0.1, 0.15) is 17.5 Å². The Kier molecular flexibility index (Phi) is 5.91. The van der Waals surface area contributed by atoms with Crippen LogP contribution in [-0.2, 0) is 6.42 Å². The minimum Gasteiger partial charge on any atom is -0.218 e. The summed E-state index contributed by atoms with van der Waals surface area (Å²) in [5, 5.41) is 7.90. The number of fused-ring (bicyclic) bond motifs is 1. The van der Waals surface area contributed by atoms with Crippen LogP contribution in [0.4, 0.5) is 5.69 Å². The standard InChI is InChI=1S/C30H22ClN3S/c31-26-12-6-7-13-28(26)32-30-34(33-27-19-18-23-10-4-5-11-25(23)27)29(20-35-30)24-16-14-22(15-17-24)21-8-2-1-3-9-21/h1-17,20H,18-19H2/b32-30?,33-27+. The Balaban J connectivity index is 1.49. The third-order valence-electron chi connectivity index (χ3n) is 6.22.